The molecule has 6 heteroatoms. The third-order valence-electron chi connectivity index (χ3n) is 5.77. The average Bonchev–Trinajstić information content (AvgIpc) is 2.73. The van der Waals surface area contributed by atoms with E-state index in [2.05, 4.69) is 17.0 Å². The quantitative estimate of drug-likeness (QED) is 0.268. The van der Waals surface area contributed by atoms with Gasteiger partial charge in [0.2, 0.25) is 0 Å². The van der Waals surface area contributed by atoms with Gasteiger partial charge in [0.25, 0.3) is 0 Å². The Morgan fingerprint density at radius 2 is 1.17 bits per heavy atom. The lowest BCUT2D eigenvalue weighted by molar-refractivity contribution is 0.466. The van der Waals surface area contributed by atoms with E-state index in [1.54, 1.807) is 0 Å². The zero-order valence-corrected chi connectivity index (χ0v) is 18.0. The highest BCUT2D eigenvalue weighted by molar-refractivity contribution is 7.81. The number of hydrogen-bond donors (Lipinski definition) is 0. The van der Waals surface area contributed by atoms with Crippen LogP contribution in [0.15, 0.2) is 72.8 Å². The molecule has 0 saturated heterocycles. The van der Waals surface area contributed by atoms with Gasteiger partial charge in [0.1, 0.15) is 7.92 Å². The Labute approximate surface area is 184 Å². The lowest BCUT2D eigenvalue weighted by Gasteiger charge is -2.38. The molecule has 0 N–H and O–H groups in total. The molecule has 3 aliphatic rings. The molecule has 3 nitrogen and oxygen atoms in total. The molecule has 3 aliphatic heterocycles. The highest BCUT2D eigenvalue weighted by Crippen LogP contribution is 2.60. The molecule has 7 rings (SSSR count). The van der Waals surface area contributed by atoms with Gasteiger partial charge < -0.3 is 14.4 Å². The van der Waals surface area contributed by atoms with Crippen LogP contribution >= 0.6 is 31.1 Å². The molecule has 0 saturated carbocycles. The van der Waals surface area contributed by atoms with Crippen molar-refractivity contribution in [2.45, 2.75) is 0 Å². The maximum atomic E-state index is 6.57. The summed E-state index contributed by atoms with van der Waals surface area (Å²) in [6, 6.07) is 24.1. The summed E-state index contributed by atoms with van der Waals surface area (Å²) in [6.45, 7) is 0. The zero-order chi connectivity index (χ0) is 20.0. The molecule has 30 heavy (non-hydrogen) atoms. The second-order valence-electron chi connectivity index (χ2n) is 7.48. The molecular weight excluding hydrogens is 436 g/mol. The number of nitrogens with zero attached hydrogens (tertiary/aromatic N) is 1. The minimum Gasteiger partial charge on any atom is -0.449 e. The van der Waals surface area contributed by atoms with Gasteiger partial charge in [-0.15, -0.1) is 0 Å². The topological polar surface area (TPSA) is 21.7 Å². The van der Waals surface area contributed by atoms with Gasteiger partial charge in [0.15, 0.2) is 38.9 Å². The van der Waals surface area contributed by atoms with Crippen molar-refractivity contribution in [3.8, 4) is 23.0 Å². The van der Waals surface area contributed by atoms with Crippen LogP contribution in [0.2, 0.25) is 10.0 Å². The molecule has 0 spiro atoms. The third-order valence-corrected chi connectivity index (χ3v) is 9.20. The number of ether oxygens (including phenoxy) is 2. The summed E-state index contributed by atoms with van der Waals surface area (Å²) >= 11 is 13.1. The fraction of sp³-hybridized carbons (Fsp3) is 0. The molecule has 0 radical (unpaired) electrons. The van der Waals surface area contributed by atoms with Crippen LogP contribution in [0.5, 0.6) is 23.0 Å². The molecule has 4 aromatic rings. The van der Waals surface area contributed by atoms with Crippen molar-refractivity contribution in [1.29, 1.82) is 0 Å². The van der Waals surface area contributed by atoms with Crippen LogP contribution < -0.4 is 30.3 Å². The number of halogens is 2. The summed E-state index contributed by atoms with van der Waals surface area (Å²) in [5.41, 5.74) is 3.12. The fourth-order valence-electron chi connectivity index (χ4n) is 4.68. The molecule has 4 aromatic carbocycles. The average molecular weight is 449 g/mol. The van der Waals surface area contributed by atoms with Crippen molar-refractivity contribution in [3.63, 3.8) is 0 Å². The SMILES string of the molecule is Clc1cc2c3c(c1)N(c1ccccc1)c1cc(Cl)cc4c1[PH+]3c1c(cccc1O4)O2. The van der Waals surface area contributed by atoms with Gasteiger partial charge in [0, 0.05) is 27.9 Å². The maximum Gasteiger partial charge on any atom is 0.187 e. The zero-order valence-electron chi connectivity index (χ0n) is 15.4. The molecule has 0 aliphatic carbocycles. The Kier molecular flexibility index (Phi) is 3.36. The van der Waals surface area contributed by atoms with Crippen LogP contribution in [0.4, 0.5) is 17.1 Å². The lowest BCUT2D eigenvalue weighted by atomic mass is 10.1. The highest BCUT2D eigenvalue weighted by Gasteiger charge is 2.52. The molecule has 0 unspecified atom stereocenters. The Hall–Kier alpha value is -2.71. The van der Waals surface area contributed by atoms with E-state index in [-0.39, 0.29) is 0 Å². The Bertz CT molecular complexity index is 1310. The summed E-state index contributed by atoms with van der Waals surface area (Å²) in [7, 11) is -1.34. The van der Waals surface area contributed by atoms with E-state index in [9.17, 15) is 0 Å². The molecule has 3 heterocycles. The van der Waals surface area contributed by atoms with E-state index in [4.69, 9.17) is 32.7 Å². The minimum absolute atomic E-state index is 0.643. The maximum absolute atomic E-state index is 6.57. The van der Waals surface area contributed by atoms with Crippen LogP contribution in [0, 0.1) is 0 Å². The molecule has 0 atom stereocenters. The normalized spacial score (nSPS) is 14.7. The predicted octanol–water partition coefficient (Wildman–Crippen LogP) is 6.48. The van der Waals surface area contributed by atoms with Crippen molar-refractivity contribution in [2.24, 2.45) is 0 Å². The van der Waals surface area contributed by atoms with Crippen molar-refractivity contribution in [1.82, 2.24) is 0 Å². The van der Waals surface area contributed by atoms with E-state index in [1.165, 1.54) is 10.6 Å². The smallest absolute Gasteiger partial charge is 0.187 e. The predicted molar refractivity (Wildman–Crippen MR) is 125 cm³/mol. The van der Waals surface area contributed by atoms with E-state index >= 15 is 0 Å². The van der Waals surface area contributed by atoms with E-state index in [0.29, 0.717) is 10.0 Å². The van der Waals surface area contributed by atoms with Gasteiger partial charge in [-0.25, -0.2) is 0 Å². The summed E-state index contributed by atoms with van der Waals surface area (Å²) in [5.74, 6) is 3.35. The first-order valence-electron chi connectivity index (χ1n) is 9.58. The number of anilines is 3. The van der Waals surface area contributed by atoms with Gasteiger partial charge in [-0.2, -0.15) is 0 Å². The largest absolute Gasteiger partial charge is 0.449 e. The second kappa shape index (κ2) is 5.92. The highest BCUT2D eigenvalue weighted by atomic mass is 35.5. The standard InChI is InChI=1S/C24H12Cl2NO2P/c25-13-9-16-22-20(11-13)28-18-7-4-8-19-24(18)30(22)23-17(10-14(26)12-21(23)29-19)27(16)15-5-2-1-3-6-15/h1-12H/p+1. The molecule has 0 bridgehead atoms. The fourth-order valence-corrected chi connectivity index (χ4v) is 8.21. The first-order valence-corrected chi connectivity index (χ1v) is 11.8. The number of hydrogen-bond acceptors (Lipinski definition) is 3. The summed E-state index contributed by atoms with van der Waals surface area (Å²) in [6.07, 6.45) is 0. The molecule has 144 valence electrons. The summed E-state index contributed by atoms with van der Waals surface area (Å²) in [5, 5.41) is 4.84. The molecule has 0 amide bonds. The Balaban J connectivity index is 1.65. The monoisotopic (exact) mass is 448 g/mol. The second-order valence-corrected chi connectivity index (χ2v) is 10.6. The van der Waals surface area contributed by atoms with Gasteiger partial charge in [-0.1, -0.05) is 47.5 Å². The third kappa shape index (κ3) is 2.15. The lowest BCUT2D eigenvalue weighted by Crippen LogP contribution is -2.39. The Morgan fingerprint density at radius 3 is 1.73 bits per heavy atom. The number of rotatable bonds is 1. The van der Waals surface area contributed by atoms with Crippen LogP contribution in [0.3, 0.4) is 0 Å². The molecule has 0 fully saturated rings. The van der Waals surface area contributed by atoms with E-state index < -0.39 is 7.92 Å². The number of para-hydroxylation sites is 1. The van der Waals surface area contributed by atoms with Crippen LogP contribution in [-0.4, -0.2) is 0 Å². The van der Waals surface area contributed by atoms with Crippen LogP contribution in [-0.2, 0) is 0 Å². The molecule has 0 aromatic heterocycles. The minimum atomic E-state index is -1.34. The van der Waals surface area contributed by atoms with Crippen LogP contribution in [0.1, 0.15) is 0 Å². The van der Waals surface area contributed by atoms with E-state index in [1.807, 2.05) is 60.7 Å². The Morgan fingerprint density at radius 1 is 0.600 bits per heavy atom. The number of benzene rings is 4. The van der Waals surface area contributed by atoms with Crippen molar-refractivity contribution < 1.29 is 9.47 Å². The molecular formula is C24H13Cl2NO2P+. The first-order chi connectivity index (χ1) is 14.7. The van der Waals surface area contributed by atoms with Crippen molar-refractivity contribution in [2.75, 3.05) is 4.90 Å². The van der Waals surface area contributed by atoms with E-state index in [0.717, 1.165) is 45.4 Å². The van der Waals surface area contributed by atoms with Crippen molar-refractivity contribution >= 4 is 64.1 Å². The first kappa shape index (κ1) is 17.0. The van der Waals surface area contributed by atoms with Gasteiger partial charge in [0.05, 0.1) is 11.4 Å². The summed E-state index contributed by atoms with van der Waals surface area (Å²) in [4.78, 5) is 2.22. The van der Waals surface area contributed by atoms with Gasteiger partial charge in [-0.05, 0) is 36.4 Å². The van der Waals surface area contributed by atoms with Crippen molar-refractivity contribution in [3.05, 3.63) is 82.8 Å². The van der Waals surface area contributed by atoms with Crippen LogP contribution in [0.25, 0.3) is 0 Å². The summed E-state index contributed by atoms with van der Waals surface area (Å²) < 4.78 is 12.7. The van der Waals surface area contributed by atoms with Gasteiger partial charge in [-0.3, -0.25) is 0 Å². The van der Waals surface area contributed by atoms with Gasteiger partial charge >= 0.3 is 0 Å².